The lowest BCUT2D eigenvalue weighted by atomic mass is 9.76. The van der Waals surface area contributed by atoms with E-state index < -0.39 is 11.4 Å². The predicted octanol–water partition coefficient (Wildman–Crippen LogP) is 5.69. The van der Waals surface area contributed by atoms with Crippen molar-refractivity contribution >= 4 is 16.7 Å². The van der Waals surface area contributed by atoms with Gasteiger partial charge < -0.3 is 19.3 Å². The minimum Gasteiger partial charge on any atom is -0.505 e. The highest BCUT2D eigenvalue weighted by molar-refractivity contribution is 6.09. The number of diazo groups is 1. The molecule has 7 heteroatoms. The number of ether oxygens (including phenoxy) is 3. The molecule has 0 aliphatic carbocycles. The molecule has 0 aliphatic heterocycles. The van der Waals surface area contributed by atoms with Gasteiger partial charge >= 0.3 is 12.2 Å². The molecule has 1 N–H and O–H groups in total. The van der Waals surface area contributed by atoms with Crippen molar-refractivity contribution in [3.05, 3.63) is 51.8 Å². The molecule has 0 saturated carbocycles. The van der Waals surface area contributed by atoms with E-state index in [1.807, 2.05) is 26.0 Å². The molecule has 0 radical (unpaired) electrons. The summed E-state index contributed by atoms with van der Waals surface area (Å²) in [6.07, 6.45) is 1.10. The number of methoxy groups -OCH3 is 3. The smallest absolute Gasteiger partial charge is 0.387 e. The quantitative estimate of drug-likeness (QED) is 0.356. The van der Waals surface area contributed by atoms with Crippen LogP contribution in [0.3, 0.4) is 0 Å². The monoisotopic (exact) mass is 413 g/mol. The van der Waals surface area contributed by atoms with Crippen molar-refractivity contribution in [2.24, 2.45) is 0 Å². The number of nitrogens with zero attached hydrogens (tertiary/aromatic N) is 2. The summed E-state index contributed by atoms with van der Waals surface area (Å²) < 4.78 is 16.4. The first-order valence-corrected chi connectivity index (χ1v) is 9.64. The Balaban J connectivity index is 2.96. The lowest BCUT2D eigenvalue weighted by molar-refractivity contribution is 0.0599. The number of fused-ring (bicyclic) bond motifs is 1. The Hall–Kier alpha value is -3.27. The van der Waals surface area contributed by atoms with Gasteiger partial charge in [0.1, 0.15) is 11.5 Å². The van der Waals surface area contributed by atoms with Crippen LogP contribution in [0.2, 0.25) is 0 Å². The van der Waals surface area contributed by atoms with Crippen molar-refractivity contribution in [2.45, 2.75) is 45.4 Å². The van der Waals surface area contributed by atoms with E-state index in [0.717, 1.165) is 17.1 Å². The van der Waals surface area contributed by atoms with Gasteiger partial charge in [-0.2, -0.15) is 0 Å². The minimum absolute atomic E-state index is 0.120. The molecule has 0 fully saturated rings. The zero-order chi connectivity index (χ0) is 22.6. The van der Waals surface area contributed by atoms with Crippen LogP contribution in [-0.2, 0) is 10.2 Å². The molecular formula is C23H29N2O5+. The first-order chi connectivity index (χ1) is 14.1. The lowest BCUT2D eigenvalue weighted by Crippen LogP contribution is -2.23. The number of carbonyl (C=O) groups excluding carboxylic acids is 1. The average molecular weight is 413 g/mol. The van der Waals surface area contributed by atoms with Gasteiger partial charge in [-0.05, 0) is 40.7 Å². The van der Waals surface area contributed by atoms with Gasteiger partial charge in [-0.3, -0.25) is 0 Å². The van der Waals surface area contributed by atoms with Crippen LogP contribution >= 0.6 is 0 Å². The fourth-order valence-corrected chi connectivity index (χ4v) is 3.75. The Morgan fingerprint density at radius 1 is 1.13 bits per heavy atom. The van der Waals surface area contributed by atoms with Crippen LogP contribution in [0.4, 0.5) is 0 Å². The number of hydrogen-bond donors (Lipinski definition) is 1. The second-order valence-corrected chi connectivity index (χ2v) is 8.08. The molecule has 0 aromatic heterocycles. The normalized spacial score (nSPS) is 12.0. The van der Waals surface area contributed by atoms with Gasteiger partial charge in [0.25, 0.3) is 0 Å². The Bertz CT molecular complexity index is 1030. The van der Waals surface area contributed by atoms with E-state index in [2.05, 4.69) is 18.8 Å². The van der Waals surface area contributed by atoms with E-state index in [1.54, 1.807) is 20.3 Å². The highest BCUT2D eigenvalue weighted by atomic mass is 16.5. The summed E-state index contributed by atoms with van der Waals surface area (Å²) in [6.45, 7) is 7.88. The zero-order valence-electron chi connectivity index (χ0n) is 18.6. The first kappa shape index (κ1) is 23.0. The van der Waals surface area contributed by atoms with Crippen LogP contribution in [0.1, 0.15) is 61.5 Å². The van der Waals surface area contributed by atoms with E-state index in [-0.39, 0.29) is 18.1 Å². The van der Waals surface area contributed by atoms with Crippen LogP contribution < -0.4 is 9.47 Å². The minimum atomic E-state index is -0.708. The summed E-state index contributed by atoms with van der Waals surface area (Å²) in [5.74, 6) is 0.851. The van der Waals surface area contributed by atoms with E-state index in [0.29, 0.717) is 28.0 Å². The number of rotatable bonds is 7. The summed E-state index contributed by atoms with van der Waals surface area (Å²) in [6, 6.07) is 5.61. The lowest BCUT2D eigenvalue weighted by Gasteiger charge is -2.28. The van der Waals surface area contributed by atoms with E-state index in [9.17, 15) is 9.90 Å². The molecular weight excluding hydrogens is 384 g/mol. The fraction of sp³-hybridized carbons (Fsp3) is 0.435. The number of hydrogen-bond acceptors (Lipinski definition) is 6. The molecule has 0 saturated heterocycles. The van der Waals surface area contributed by atoms with Gasteiger partial charge in [-0.25, -0.2) is 4.79 Å². The van der Waals surface area contributed by atoms with Gasteiger partial charge in [-0.1, -0.05) is 27.7 Å². The number of carbonyl (C=O) groups is 1. The molecule has 0 amide bonds. The number of allylic oxidation sites excluding steroid dienone is 1. The summed E-state index contributed by atoms with van der Waals surface area (Å²) >= 11 is 0. The molecule has 0 spiro atoms. The molecule has 2 rings (SSSR count). The number of aliphatic hydroxyl groups excluding tert-OH is 1. The summed E-state index contributed by atoms with van der Waals surface area (Å²) in [5.41, 5.74) is 1.30. The fourth-order valence-electron chi connectivity index (χ4n) is 3.75. The number of esters is 1. The van der Waals surface area contributed by atoms with Gasteiger partial charge in [0, 0.05) is 17.2 Å². The maximum atomic E-state index is 12.9. The third kappa shape index (κ3) is 4.33. The molecule has 0 unspecified atom stereocenters. The topological polar surface area (TPSA) is 93.1 Å². The summed E-state index contributed by atoms with van der Waals surface area (Å²) in [5, 5.41) is 20.2. The average Bonchev–Trinajstić information content (AvgIpc) is 2.70. The highest BCUT2D eigenvalue weighted by Crippen LogP contribution is 2.43. The van der Waals surface area contributed by atoms with Crippen LogP contribution in [0, 0.1) is 5.39 Å². The van der Waals surface area contributed by atoms with E-state index in [4.69, 9.17) is 19.6 Å². The van der Waals surface area contributed by atoms with Crippen molar-refractivity contribution in [2.75, 3.05) is 21.3 Å². The maximum absolute atomic E-state index is 12.9. The standard InChI is InChI=1S/C23H28N2O5/c1-13(2)15-8-16-17(9-19(15)28-5)21(22(27)30-7)18(10-20(16)29-6)23(3,4)11-14(26)12-25-24/h8-10,12-13H,11H2,1-7H3/p+1/b14-12-. The largest absolute Gasteiger partial charge is 0.505 e. The van der Waals surface area contributed by atoms with Gasteiger partial charge in [0.2, 0.25) is 5.39 Å². The summed E-state index contributed by atoms with van der Waals surface area (Å²) in [7, 11) is 4.50. The molecule has 0 bridgehead atoms. The van der Waals surface area contributed by atoms with Crippen molar-refractivity contribution < 1.29 is 24.1 Å². The van der Waals surface area contributed by atoms with Crippen molar-refractivity contribution in [1.29, 1.82) is 5.39 Å². The molecule has 7 nitrogen and oxygen atoms in total. The summed E-state index contributed by atoms with van der Waals surface area (Å²) in [4.78, 5) is 15.8. The van der Waals surface area contributed by atoms with Crippen molar-refractivity contribution in [3.63, 3.8) is 0 Å². The van der Waals surface area contributed by atoms with Crippen LogP contribution in [0.5, 0.6) is 11.5 Å². The van der Waals surface area contributed by atoms with Crippen LogP contribution in [0.15, 0.2) is 30.2 Å². The Kier molecular flexibility index (Phi) is 6.93. The van der Waals surface area contributed by atoms with Crippen molar-refractivity contribution in [3.8, 4) is 11.5 Å². The van der Waals surface area contributed by atoms with Crippen LogP contribution in [0.25, 0.3) is 15.7 Å². The van der Waals surface area contributed by atoms with Gasteiger partial charge in [-0.15, -0.1) is 0 Å². The second kappa shape index (κ2) is 9.04. The van der Waals surface area contributed by atoms with Gasteiger partial charge in [0.15, 0.2) is 10.7 Å². The van der Waals surface area contributed by atoms with Crippen molar-refractivity contribution in [1.82, 2.24) is 0 Å². The van der Waals surface area contributed by atoms with E-state index in [1.165, 1.54) is 7.11 Å². The van der Waals surface area contributed by atoms with Crippen LogP contribution in [-0.4, -0.2) is 32.4 Å². The molecule has 30 heavy (non-hydrogen) atoms. The molecule has 2 aromatic rings. The molecule has 0 aliphatic rings. The third-order valence-corrected chi connectivity index (χ3v) is 5.24. The Labute approximate surface area is 176 Å². The zero-order valence-corrected chi connectivity index (χ0v) is 18.6. The molecule has 2 aromatic carbocycles. The molecule has 0 atom stereocenters. The second-order valence-electron chi connectivity index (χ2n) is 8.08. The maximum Gasteiger partial charge on any atom is 0.387 e. The third-order valence-electron chi connectivity index (χ3n) is 5.24. The number of aliphatic hydroxyl groups is 1. The van der Waals surface area contributed by atoms with E-state index >= 15 is 0 Å². The number of benzene rings is 2. The Morgan fingerprint density at radius 3 is 2.27 bits per heavy atom. The molecule has 0 heterocycles. The van der Waals surface area contributed by atoms with Gasteiger partial charge in [0.05, 0.1) is 26.9 Å². The SMILES string of the molecule is COC(=O)c1c(C(C)(C)C/C(O)=C/[N+]#N)cc(OC)c2cc(C(C)C)c(OC)cc12. The molecule has 160 valence electrons. The predicted molar refractivity (Wildman–Crippen MR) is 116 cm³/mol. The Morgan fingerprint density at radius 2 is 1.77 bits per heavy atom. The first-order valence-electron chi connectivity index (χ1n) is 9.64. The highest BCUT2D eigenvalue weighted by Gasteiger charge is 2.32.